The molecule has 2 rings (SSSR count). The molecule has 0 spiro atoms. The normalized spacial score (nSPS) is 9.94. The van der Waals surface area contributed by atoms with Gasteiger partial charge in [-0.15, -0.1) is 5.10 Å². The fourth-order valence-corrected chi connectivity index (χ4v) is 1.20. The van der Waals surface area contributed by atoms with Gasteiger partial charge in [0.1, 0.15) is 5.75 Å². The van der Waals surface area contributed by atoms with E-state index in [1.165, 1.54) is 18.5 Å². The minimum atomic E-state index is -1.06. The summed E-state index contributed by atoms with van der Waals surface area (Å²) in [4.78, 5) is 14.5. The van der Waals surface area contributed by atoms with Crippen LogP contribution in [-0.2, 0) is 0 Å². The number of carbonyl (C=O) groups is 1. The van der Waals surface area contributed by atoms with Crippen molar-refractivity contribution in [1.29, 1.82) is 0 Å². The van der Waals surface area contributed by atoms with E-state index < -0.39 is 5.97 Å². The Kier molecular flexibility index (Phi) is 2.95. The fourth-order valence-electron chi connectivity index (χ4n) is 1.20. The van der Waals surface area contributed by atoms with Crippen molar-refractivity contribution in [3.8, 4) is 11.6 Å². The van der Waals surface area contributed by atoms with E-state index in [9.17, 15) is 4.79 Å². The average molecular weight is 231 g/mol. The number of carboxylic acids is 1. The molecule has 2 aromatic heterocycles. The summed E-state index contributed by atoms with van der Waals surface area (Å²) in [6, 6.07) is 3.07. The number of aromatic carboxylic acids is 1. The molecule has 0 aliphatic rings. The summed E-state index contributed by atoms with van der Waals surface area (Å²) in [5.74, 6) is -0.447. The molecule has 0 aliphatic heterocycles. The molecule has 2 heterocycles. The smallest absolute Gasteiger partial charge is 0.337 e. The quantitative estimate of drug-likeness (QED) is 0.864. The van der Waals surface area contributed by atoms with Crippen LogP contribution in [0.15, 0.2) is 30.7 Å². The fraction of sp³-hybridized carbons (Fsp3) is 0.0909. The monoisotopic (exact) mass is 231 g/mol. The van der Waals surface area contributed by atoms with Crippen molar-refractivity contribution in [2.45, 2.75) is 6.92 Å². The molecule has 0 amide bonds. The van der Waals surface area contributed by atoms with Crippen LogP contribution in [0.25, 0.3) is 0 Å². The summed E-state index contributed by atoms with van der Waals surface area (Å²) in [6.07, 6.45) is 4.26. The summed E-state index contributed by atoms with van der Waals surface area (Å²) in [5, 5.41) is 16.3. The Morgan fingerprint density at radius 3 is 2.82 bits per heavy atom. The average Bonchev–Trinajstić information content (AvgIpc) is 2.29. The molecule has 0 unspecified atom stereocenters. The zero-order valence-corrected chi connectivity index (χ0v) is 8.99. The second-order valence-corrected chi connectivity index (χ2v) is 3.39. The zero-order chi connectivity index (χ0) is 12.3. The minimum Gasteiger partial charge on any atom is -0.478 e. The van der Waals surface area contributed by atoms with Gasteiger partial charge in [-0.2, -0.15) is 5.10 Å². The first-order valence-corrected chi connectivity index (χ1v) is 4.80. The van der Waals surface area contributed by atoms with Crippen LogP contribution >= 0.6 is 0 Å². The van der Waals surface area contributed by atoms with E-state index in [2.05, 4.69) is 15.2 Å². The van der Waals surface area contributed by atoms with Gasteiger partial charge in [0.2, 0.25) is 5.88 Å². The van der Waals surface area contributed by atoms with Gasteiger partial charge in [-0.3, -0.25) is 4.98 Å². The van der Waals surface area contributed by atoms with E-state index in [1.807, 2.05) is 6.92 Å². The summed E-state index contributed by atoms with van der Waals surface area (Å²) >= 11 is 0. The molecule has 6 heteroatoms. The molecule has 0 saturated heterocycles. The van der Waals surface area contributed by atoms with Crippen LogP contribution in [0, 0.1) is 6.92 Å². The van der Waals surface area contributed by atoms with Crippen molar-refractivity contribution in [2.75, 3.05) is 0 Å². The molecule has 6 nitrogen and oxygen atoms in total. The molecule has 0 fully saturated rings. The third kappa shape index (κ3) is 2.75. The number of carboxylic acid groups (broad SMARTS) is 1. The summed E-state index contributed by atoms with van der Waals surface area (Å²) in [6.45, 7) is 1.85. The molecule has 0 aliphatic carbocycles. The van der Waals surface area contributed by atoms with Gasteiger partial charge in [-0.05, 0) is 18.6 Å². The molecule has 2 aromatic rings. The number of pyridine rings is 1. The predicted molar refractivity (Wildman–Crippen MR) is 58.0 cm³/mol. The van der Waals surface area contributed by atoms with Gasteiger partial charge >= 0.3 is 5.97 Å². The second-order valence-electron chi connectivity index (χ2n) is 3.39. The molecule has 0 bridgehead atoms. The van der Waals surface area contributed by atoms with Crippen LogP contribution in [0.2, 0.25) is 0 Å². The topological polar surface area (TPSA) is 85.2 Å². The van der Waals surface area contributed by atoms with E-state index in [4.69, 9.17) is 9.84 Å². The third-order valence-corrected chi connectivity index (χ3v) is 1.95. The largest absolute Gasteiger partial charge is 0.478 e. The van der Waals surface area contributed by atoms with Crippen molar-refractivity contribution < 1.29 is 14.6 Å². The van der Waals surface area contributed by atoms with Crippen LogP contribution in [0.3, 0.4) is 0 Å². The molecule has 0 aromatic carbocycles. The van der Waals surface area contributed by atoms with E-state index in [1.54, 1.807) is 12.3 Å². The highest BCUT2D eigenvalue weighted by Crippen LogP contribution is 2.19. The maximum atomic E-state index is 10.7. The summed E-state index contributed by atoms with van der Waals surface area (Å²) in [5.41, 5.74) is 0.959. The van der Waals surface area contributed by atoms with Gasteiger partial charge in [0.25, 0.3) is 0 Å². The lowest BCUT2D eigenvalue weighted by Gasteiger charge is -2.04. The van der Waals surface area contributed by atoms with Gasteiger partial charge in [-0.25, -0.2) is 4.79 Å². The Bertz CT molecular complexity index is 557. The Labute approximate surface area is 96.9 Å². The highest BCUT2D eigenvalue weighted by molar-refractivity contribution is 5.87. The van der Waals surface area contributed by atoms with E-state index in [-0.39, 0.29) is 5.56 Å². The Morgan fingerprint density at radius 2 is 2.12 bits per heavy atom. The second kappa shape index (κ2) is 4.56. The zero-order valence-electron chi connectivity index (χ0n) is 8.99. The standard InChI is InChI=1S/C11H9N3O3/c1-7-2-10(14-13-4-7)17-9-3-8(11(15)16)5-12-6-9/h2-6H,1H3,(H,15,16). The number of aromatic nitrogens is 3. The molecule has 0 saturated carbocycles. The third-order valence-electron chi connectivity index (χ3n) is 1.95. The van der Waals surface area contributed by atoms with Crippen molar-refractivity contribution in [3.63, 3.8) is 0 Å². The first-order chi connectivity index (χ1) is 8.15. The first kappa shape index (κ1) is 11.0. The molecule has 0 atom stereocenters. The van der Waals surface area contributed by atoms with Gasteiger partial charge in [0.15, 0.2) is 0 Å². The van der Waals surface area contributed by atoms with Gasteiger partial charge in [0, 0.05) is 12.3 Å². The summed E-state index contributed by atoms with van der Waals surface area (Å²) in [7, 11) is 0. The van der Waals surface area contributed by atoms with E-state index in [0.29, 0.717) is 11.6 Å². The molecule has 17 heavy (non-hydrogen) atoms. The Morgan fingerprint density at radius 1 is 1.29 bits per heavy atom. The van der Waals surface area contributed by atoms with Crippen LogP contribution < -0.4 is 4.74 Å². The number of rotatable bonds is 3. The van der Waals surface area contributed by atoms with Crippen LogP contribution in [-0.4, -0.2) is 26.3 Å². The lowest BCUT2D eigenvalue weighted by molar-refractivity contribution is 0.0696. The maximum Gasteiger partial charge on any atom is 0.337 e. The van der Waals surface area contributed by atoms with Crippen LogP contribution in [0.1, 0.15) is 15.9 Å². The van der Waals surface area contributed by atoms with Crippen molar-refractivity contribution >= 4 is 5.97 Å². The summed E-state index contributed by atoms with van der Waals surface area (Å²) < 4.78 is 5.35. The maximum absolute atomic E-state index is 10.7. The van der Waals surface area contributed by atoms with Gasteiger partial charge in [0.05, 0.1) is 18.0 Å². The molecule has 0 radical (unpaired) electrons. The Balaban J connectivity index is 2.24. The van der Waals surface area contributed by atoms with E-state index >= 15 is 0 Å². The van der Waals surface area contributed by atoms with Crippen molar-refractivity contribution in [2.24, 2.45) is 0 Å². The number of hydrogen-bond acceptors (Lipinski definition) is 5. The lowest BCUT2D eigenvalue weighted by Crippen LogP contribution is -1.98. The van der Waals surface area contributed by atoms with Gasteiger partial charge in [-0.1, -0.05) is 0 Å². The predicted octanol–water partition coefficient (Wildman–Crippen LogP) is 1.67. The number of aryl methyl sites for hydroxylation is 1. The molecular formula is C11H9N3O3. The highest BCUT2D eigenvalue weighted by Gasteiger charge is 2.06. The SMILES string of the molecule is Cc1cnnc(Oc2cncc(C(=O)O)c2)c1. The van der Waals surface area contributed by atoms with Gasteiger partial charge < -0.3 is 9.84 Å². The first-order valence-electron chi connectivity index (χ1n) is 4.80. The Hall–Kier alpha value is -2.50. The minimum absolute atomic E-state index is 0.0584. The van der Waals surface area contributed by atoms with Crippen LogP contribution in [0.4, 0.5) is 0 Å². The number of nitrogens with zero attached hydrogens (tertiary/aromatic N) is 3. The number of ether oxygens (including phenoxy) is 1. The highest BCUT2D eigenvalue weighted by atomic mass is 16.5. The lowest BCUT2D eigenvalue weighted by atomic mass is 10.3. The van der Waals surface area contributed by atoms with Crippen molar-refractivity contribution in [1.82, 2.24) is 15.2 Å². The van der Waals surface area contributed by atoms with Crippen molar-refractivity contribution in [3.05, 3.63) is 41.9 Å². The number of hydrogen-bond donors (Lipinski definition) is 1. The van der Waals surface area contributed by atoms with Crippen LogP contribution in [0.5, 0.6) is 11.6 Å². The molecule has 1 N–H and O–H groups in total. The molecular weight excluding hydrogens is 222 g/mol. The van der Waals surface area contributed by atoms with E-state index in [0.717, 1.165) is 5.56 Å². The molecule has 86 valence electrons.